The molecule has 0 heterocycles. The van der Waals surface area contributed by atoms with Crippen LogP contribution in [0.3, 0.4) is 0 Å². The normalized spacial score (nSPS) is 12.5. The molecule has 0 fully saturated rings. The van der Waals surface area contributed by atoms with E-state index in [9.17, 15) is 22.4 Å². The molecule has 0 saturated carbocycles. The quantitative estimate of drug-likeness (QED) is 0.685. The summed E-state index contributed by atoms with van der Waals surface area (Å²) in [5.74, 6) is -1.86. The smallest absolute Gasteiger partial charge is 0.416 e. The third-order valence-electron chi connectivity index (χ3n) is 2.42. The summed E-state index contributed by atoms with van der Waals surface area (Å²) in [6.45, 7) is 1.63. The van der Waals surface area contributed by atoms with Crippen LogP contribution >= 0.6 is 12.4 Å². The molecule has 0 aliphatic heterocycles. The molecule has 1 aromatic rings. The van der Waals surface area contributed by atoms with Crippen LogP contribution in [-0.4, -0.2) is 12.6 Å². The summed E-state index contributed by atoms with van der Waals surface area (Å²) in [5, 5.41) is 0. The van der Waals surface area contributed by atoms with Gasteiger partial charge in [0.15, 0.2) is 0 Å². The maximum Gasteiger partial charge on any atom is 0.416 e. The fraction of sp³-hybridized carbons (Fsp3) is 0.417. The lowest BCUT2D eigenvalue weighted by atomic mass is 9.97. The highest BCUT2D eigenvalue weighted by molar-refractivity contribution is 5.85. The van der Waals surface area contributed by atoms with E-state index in [0.29, 0.717) is 0 Å². The van der Waals surface area contributed by atoms with Gasteiger partial charge in [0, 0.05) is 11.6 Å². The zero-order valence-electron chi connectivity index (χ0n) is 10.5. The van der Waals surface area contributed by atoms with Gasteiger partial charge in [-0.1, -0.05) is 6.07 Å². The molecule has 0 aliphatic rings. The van der Waals surface area contributed by atoms with E-state index >= 15 is 0 Å². The molecule has 0 spiro atoms. The second-order valence-corrected chi connectivity index (χ2v) is 3.81. The summed E-state index contributed by atoms with van der Waals surface area (Å²) >= 11 is 0. The molecule has 2 N–H and O–H groups in total. The Kier molecular flexibility index (Phi) is 6.95. The van der Waals surface area contributed by atoms with Crippen molar-refractivity contribution in [3.63, 3.8) is 0 Å². The highest BCUT2D eigenvalue weighted by Crippen LogP contribution is 2.36. The van der Waals surface area contributed by atoms with Gasteiger partial charge in [0.25, 0.3) is 0 Å². The van der Waals surface area contributed by atoms with E-state index in [1.165, 1.54) is 0 Å². The first kappa shape index (κ1) is 18.7. The minimum atomic E-state index is -4.73. The molecule has 3 nitrogen and oxygen atoms in total. The van der Waals surface area contributed by atoms with Crippen LogP contribution in [0.1, 0.15) is 30.5 Å². The molecule has 0 aliphatic carbocycles. The highest BCUT2D eigenvalue weighted by Gasteiger charge is 2.36. The van der Waals surface area contributed by atoms with E-state index in [1.54, 1.807) is 6.92 Å². The van der Waals surface area contributed by atoms with Gasteiger partial charge in [0.2, 0.25) is 0 Å². The summed E-state index contributed by atoms with van der Waals surface area (Å²) in [7, 11) is 0. The predicted molar refractivity (Wildman–Crippen MR) is 66.8 cm³/mol. The zero-order chi connectivity index (χ0) is 14.6. The standard InChI is InChI=1S/C12H13F4NO2.ClH/c1-2-19-10(18)6-9(17)11-7(12(14,15)16)4-3-5-8(11)13;/h3-5,9H,2,6,17H2,1H3;1H/t9-;/m1./s1. The minimum Gasteiger partial charge on any atom is -0.466 e. The maximum atomic E-state index is 13.5. The minimum absolute atomic E-state index is 0. The lowest BCUT2D eigenvalue weighted by molar-refractivity contribution is -0.144. The third kappa shape index (κ3) is 4.64. The molecule has 0 saturated heterocycles. The van der Waals surface area contributed by atoms with E-state index in [-0.39, 0.29) is 19.0 Å². The van der Waals surface area contributed by atoms with Gasteiger partial charge < -0.3 is 10.5 Å². The van der Waals surface area contributed by atoms with Crippen molar-refractivity contribution in [2.75, 3.05) is 6.61 Å². The SMILES string of the molecule is CCOC(=O)C[C@@H](N)c1c(F)cccc1C(F)(F)F.Cl. The number of nitrogens with two attached hydrogens (primary N) is 1. The number of carbonyl (C=O) groups excluding carboxylic acids is 1. The number of hydrogen-bond donors (Lipinski definition) is 1. The fourth-order valence-electron chi connectivity index (χ4n) is 1.66. The summed E-state index contributed by atoms with van der Waals surface area (Å²) in [4.78, 5) is 11.2. The molecule has 0 bridgehead atoms. The van der Waals surface area contributed by atoms with E-state index in [0.717, 1.165) is 18.2 Å². The fourth-order valence-corrected chi connectivity index (χ4v) is 1.66. The lowest BCUT2D eigenvalue weighted by Crippen LogP contribution is -2.22. The number of alkyl halides is 3. The number of rotatable bonds is 4. The number of hydrogen-bond acceptors (Lipinski definition) is 3. The zero-order valence-corrected chi connectivity index (χ0v) is 11.4. The van der Waals surface area contributed by atoms with Gasteiger partial charge in [0.05, 0.1) is 18.6 Å². The van der Waals surface area contributed by atoms with Crippen molar-refractivity contribution in [1.82, 2.24) is 0 Å². The molecular formula is C12H14ClF4NO2. The number of halogens is 5. The van der Waals surface area contributed by atoms with Crippen molar-refractivity contribution in [2.45, 2.75) is 25.6 Å². The summed E-state index contributed by atoms with van der Waals surface area (Å²) in [5.41, 5.74) is 3.59. The molecule has 0 radical (unpaired) electrons. The topological polar surface area (TPSA) is 52.3 Å². The van der Waals surface area contributed by atoms with Crippen LogP contribution in [0.4, 0.5) is 17.6 Å². The van der Waals surface area contributed by atoms with Crippen molar-refractivity contribution in [1.29, 1.82) is 0 Å². The summed E-state index contributed by atoms with van der Waals surface area (Å²) in [6, 6.07) is 1.13. The monoisotopic (exact) mass is 315 g/mol. The average Bonchev–Trinajstić information content (AvgIpc) is 2.27. The molecule has 114 valence electrons. The van der Waals surface area contributed by atoms with Crippen LogP contribution < -0.4 is 5.73 Å². The van der Waals surface area contributed by atoms with Crippen LogP contribution in [0.15, 0.2) is 18.2 Å². The molecule has 1 rings (SSSR count). The molecule has 0 amide bonds. The van der Waals surface area contributed by atoms with Crippen molar-refractivity contribution in [3.05, 3.63) is 35.1 Å². The second-order valence-electron chi connectivity index (χ2n) is 3.81. The Balaban J connectivity index is 0.00000361. The third-order valence-corrected chi connectivity index (χ3v) is 2.42. The van der Waals surface area contributed by atoms with E-state index in [4.69, 9.17) is 5.73 Å². The van der Waals surface area contributed by atoms with Crippen molar-refractivity contribution in [3.8, 4) is 0 Å². The van der Waals surface area contributed by atoms with Gasteiger partial charge in [-0.25, -0.2) is 4.39 Å². The van der Waals surface area contributed by atoms with Crippen molar-refractivity contribution in [2.24, 2.45) is 5.73 Å². The van der Waals surface area contributed by atoms with Crippen LogP contribution in [0.25, 0.3) is 0 Å². The Morgan fingerprint density at radius 2 is 2.00 bits per heavy atom. The number of esters is 1. The van der Waals surface area contributed by atoms with Crippen molar-refractivity contribution < 1.29 is 27.1 Å². The Bertz CT molecular complexity index is 465. The first-order valence-corrected chi connectivity index (χ1v) is 5.54. The van der Waals surface area contributed by atoms with Crippen LogP contribution in [0.5, 0.6) is 0 Å². The van der Waals surface area contributed by atoms with Crippen molar-refractivity contribution >= 4 is 18.4 Å². The molecule has 0 unspecified atom stereocenters. The molecule has 8 heteroatoms. The molecule has 20 heavy (non-hydrogen) atoms. The van der Waals surface area contributed by atoms with Gasteiger partial charge >= 0.3 is 12.1 Å². The molecular weight excluding hydrogens is 302 g/mol. The second kappa shape index (κ2) is 7.44. The molecule has 1 atom stereocenters. The Morgan fingerprint density at radius 3 is 2.50 bits per heavy atom. The number of carbonyl (C=O) groups is 1. The van der Waals surface area contributed by atoms with E-state index in [1.807, 2.05) is 0 Å². The largest absolute Gasteiger partial charge is 0.466 e. The number of ether oxygens (including phenoxy) is 1. The van der Waals surface area contributed by atoms with Gasteiger partial charge in [-0.05, 0) is 19.1 Å². The van der Waals surface area contributed by atoms with Crippen LogP contribution in [-0.2, 0) is 15.7 Å². The van der Waals surface area contributed by atoms with Gasteiger partial charge in [0.1, 0.15) is 5.82 Å². The Morgan fingerprint density at radius 1 is 1.40 bits per heavy atom. The van der Waals surface area contributed by atoms with Crippen LogP contribution in [0.2, 0.25) is 0 Å². The predicted octanol–water partition coefficient (Wildman–Crippen LogP) is 3.22. The number of benzene rings is 1. The summed E-state index contributed by atoms with van der Waals surface area (Å²) in [6.07, 6.45) is -5.25. The van der Waals surface area contributed by atoms with Crippen LogP contribution in [0, 0.1) is 5.82 Å². The first-order valence-electron chi connectivity index (χ1n) is 5.54. The highest BCUT2D eigenvalue weighted by atomic mass is 35.5. The first-order chi connectivity index (χ1) is 8.77. The average molecular weight is 316 g/mol. The Hall–Kier alpha value is -1.34. The van der Waals surface area contributed by atoms with Gasteiger partial charge in [-0.2, -0.15) is 13.2 Å². The van der Waals surface area contributed by atoms with E-state index < -0.39 is 41.6 Å². The van der Waals surface area contributed by atoms with E-state index in [2.05, 4.69) is 4.74 Å². The molecule has 0 aromatic heterocycles. The maximum absolute atomic E-state index is 13.5. The lowest BCUT2D eigenvalue weighted by Gasteiger charge is -2.18. The van der Waals surface area contributed by atoms with Gasteiger partial charge in [-0.3, -0.25) is 4.79 Å². The van der Waals surface area contributed by atoms with Gasteiger partial charge in [-0.15, -0.1) is 12.4 Å². The molecule has 1 aromatic carbocycles. The summed E-state index contributed by atoms with van der Waals surface area (Å²) < 4.78 is 56.3. The Labute approximate surface area is 119 Å².